The first-order chi connectivity index (χ1) is 9.79. The summed E-state index contributed by atoms with van der Waals surface area (Å²) in [6.07, 6.45) is 5.03. The minimum atomic E-state index is 0.505. The molecular weight excluding hydrogens is 382 g/mol. The normalized spacial score (nSPS) is 15.2. The van der Waals surface area contributed by atoms with E-state index in [2.05, 4.69) is 55.1 Å². The van der Waals surface area contributed by atoms with Crippen LogP contribution >= 0.6 is 31.9 Å². The quantitative estimate of drug-likeness (QED) is 0.672. The number of pyridine rings is 1. The smallest absolute Gasteiger partial charge is 0.131 e. The van der Waals surface area contributed by atoms with Crippen molar-refractivity contribution in [1.82, 2.24) is 4.98 Å². The molecule has 2 nitrogen and oxygen atoms in total. The predicted octanol–water partition coefficient (Wildman–Crippen LogP) is 4.95. The first kappa shape index (κ1) is 13.8. The van der Waals surface area contributed by atoms with E-state index in [-0.39, 0.29) is 0 Å². The zero-order chi connectivity index (χ0) is 13.9. The van der Waals surface area contributed by atoms with E-state index in [0.29, 0.717) is 6.61 Å². The summed E-state index contributed by atoms with van der Waals surface area (Å²) in [5.41, 5.74) is 4.48. The summed E-state index contributed by atoms with van der Waals surface area (Å²) in [4.78, 5) is 4.45. The zero-order valence-electron chi connectivity index (χ0n) is 10.8. The summed E-state index contributed by atoms with van der Waals surface area (Å²) < 4.78 is 6.94. The molecule has 3 rings (SSSR count). The van der Waals surface area contributed by atoms with Gasteiger partial charge in [-0.25, -0.2) is 0 Å². The predicted molar refractivity (Wildman–Crippen MR) is 88.2 cm³/mol. The minimum absolute atomic E-state index is 0.505. The van der Waals surface area contributed by atoms with Crippen LogP contribution in [0.15, 0.2) is 47.1 Å². The molecule has 1 aromatic heterocycles. The Balaban J connectivity index is 2.19. The molecule has 2 aromatic rings. The lowest BCUT2D eigenvalue weighted by atomic mass is 9.96. The molecule has 0 atom stereocenters. The highest BCUT2D eigenvalue weighted by Crippen LogP contribution is 2.37. The van der Waals surface area contributed by atoms with Crippen LogP contribution in [-0.2, 0) is 6.61 Å². The Hall–Kier alpha value is -1.13. The van der Waals surface area contributed by atoms with E-state index in [9.17, 15) is 0 Å². The molecule has 1 aliphatic heterocycles. The number of benzene rings is 1. The van der Waals surface area contributed by atoms with Crippen molar-refractivity contribution in [3.63, 3.8) is 0 Å². The number of rotatable bonds is 2. The Bertz CT molecular complexity index is 667. The molecule has 2 heterocycles. The second-order valence-electron chi connectivity index (χ2n) is 4.52. The number of nitrogens with zero attached hydrogens (tertiary/aromatic N) is 1. The molecule has 0 amide bonds. The number of ether oxygens (including phenoxy) is 1. The zero-order valence-corrected chi connectivity index (χ0v) is 13.9. The molecule has 0 spiro atoms. The molecule has 0 radical (unpaired) electrons. The van der Waals surface area contributed by atoms with Crippen molar-refractivity contribution in [3.8, 4) is 5.75 Å². The Morgan fingerprint density at radius 1 is 1.25 bits per heavy atom. The third-order valence-corrected chi connectivity index (χ3v) is 4.19. The summed E-state index contributed by atoms with van der Waals surface area (Å²) in [7, 11) is 0. The van der Waals surface area contributed by atoms with Gasteiger partial charge in [0.2, 0.25) is 0 Å². The Morgan fingerprint density at radius 3 is 3.00 bits per heavy atom. The van der Waals surface area contributed by atoms with Gasteiger partial charge in [-0.3, -0.25) is 4.98 Å². The van der Waals surface area contributed by atoms with E-state index in [0.717, 1.165) is 38.8 Å². The van der Waals surface area contributed by atoms with E-state index >= 15 is 0 Å². The molecule has 0 saturated carbocycles. The van der Waals surface area contributed by atoms with Crippen LogP contribution in [0, 0.1) is 0 Å². The van der Waals surface area contributed by atoms with Crippen LogP contribution in [0.25, 0.3) is 5.57 Å². The number of aromatic nitrogens is 1. The van der Waals surface area contributed by atoms with Gasteiger partial charge in [0.15, 0.2) is 0 Å². The van der Waals surface area contributed by atoms with Crippen LogP contribution in [0.2, 0.25) is 0 Å². The van der Waals surface area contributed by atoms with Gasteiger partial charge in [-0.1, -0.05) is 44.0 Å². The molecule has 1 aromatic carbocycles. The van der Waals surface area contributed by atoms with Crippen LogP contribution in [0.5, 0.6) is 5.75 Å². The maximum Gasteiger partial charge on any atom is 0.131 e. The third kappa shape index (κ3) is 2.67. The van der Waals surface area contributed by atoms with Crippen molar-refractivity contribution in [3.05, 3.63) is 63.9 Å². The molecular formula is C16H13Br2NO. The van der Waals surface area contributed by atoms with Gasteiger partial charge in [-0.2, -0.15) is 0 Å². The summed E-state index contributed by atoms with van der Waals surface area (Å²) in [5, 5.41) is 0.943. The molecule has 4 heteroatoms. The Labute approximate surface area is 135 Å². The molecule has 0 saturated heterocycles. The highest BCUT2D eigenvalue weighted by atomic mass is 79.9. The standard InChI is InChI=1S/C16H13Br2NO/c17-7-1-3-12-13-4-2-8-19-15(13)10-20-16-9-11(18)5-6-14(12)16/h2-6,8-9H,1,7,10H2/b12-3-. The number of hydrogen-bond donors (Lipinski definition) is 0. The molecule has 0 fully saturated rings. The van der Waals surface area contributed by atoms with Crippen LogP contribution in [-0.4, -0.2) is 10.3 Å². The molecule has 1 aliphatic rings. The summed E-state index contributed by atoms with van der Waals surface area (Å²) >= 11 is 6.99. The number of fused-ring (bicyclic) bond motifs is 2. The fraction of sp³-hybridized carbons (Fsp3) is 0.188. The topological polar surface area (TPSA) is 22.1 Å². The van der Waals surface area contributed by atoms with Gasteiger partial charge in [0.1, 0.15) is 12.4 Å². The monoisotopic (exact) mass is 393 g/mol. The highest BCUT2D eigenvalue weighted by Gasteiger charge is 2.19. The van der Waals surface area contributed by atoms with Crippen LogP contribution < -0.4 is 4.74 Å². The average Bonchev–Trinajstić information content (AvgIpc) is 2.62. The van der Waals surface area contributed by atoms with Crippen molar-refractivity contribution < 1.29 is 4.74 Å². The molecule has 102 valence electrons. The molecule has 0 bridgehead atoms. The van der Waals surface area contributed by atoms with Crippen LogP contribution in [0.4, 0.5) is 0 Å². The van der Waals surface area contributed by atoms with Crippen molar-refractivity contribution in [1.29, 1.82) is 0 Å². The molecule has 0 N–H and O–H groups in total. The van der Waals surface area contributed by atoms with Crippen molar-refractivity contribution in [2.24, 2.45) is 0 Å². The number of allylic oxidation sites excluding steroid dienone is 1. The first-order valence-electron chi connectivity index (χ1n) is 6.42. The van der Waals surface area contributed by atoms with E-state index in [1.165, 1.54) is 5.57 Å². The van der Waals surface area contributed by atoms with Gasteiger partial charge in [-0.15, -0.1) is 0 Å². The van der Waals surface area contributed by atoms with Crippen LogP contribution in [0.1, 0.15) is 23.2 Å². The van der Waals surface area contributed by atoms with Gasteiger partial charge < -0.3 is 4.74 Å². The van der Waals surface area contributed by atoms with Gasteiger partial charge in [-0.05, 0) is 36.3 Å². The second kappa shape index (κ2) is 6.10. The van der Waals surface area contributed by atoms with Gasteiger partial charge in [0.05, 0.1) is 5.69 Å². The fourth-order valence-electron chi connectivity index (χ4n) is 2.35. The van der Waals surface area contributed by atoms with E-state index < -0.39 is 0 Å². The average molecular weight is 395 g/mol. The number of alkyl halides is 1. The first-order valence-corrected chi connectivity index (χ1v) is 8.34. The van der Waals surface area contributed by atoms with Gasteiger partial charge in [0.25, 0.3) is 0 Å². The molecule has 0 aliphatic carbocycles. The van der Waals surface area contributed by atoms with Crippen molar-refractivity contribution in [2.45, 2.75) is 13.0 Å². The second-order valence-corrected chi connectivity index (χ2v) is 6.23. The maximum absolute atomic E-state index is 5.92. The maximum atomic E-state index is 5.92. The summed E-state index contributed by atoms with van der Waals surface area (Å²) in [6, 6.07) is 10.3. The number of hydrogen-bond acceptors (Lipinski definition) is 2. The van der Waals surface area contributed by atoms with E-state index in [1.54, 1.807) is 0 Å². The summed E-state index contributed by atoms with van der Waals surface area (Å²) in [5.74, 6) is 0.901. The van der Waals surface area contributed by atoms with Gasteiger partial charge >= 0.3 is 0 Å². The minimum Gasteiger partial charge on any atom is -0.487 e. The van der Waals surface area contributed by atoms with Crippen LogP contribution in [0.3, 0.4) is 0 Å². The SMILES string of the molecule is BrCC/C=C1\c2ccc(Br)cc2OCc2ncccc21. The molecule has 20 heavy (non-hydrogen) atoms. The Kier molecular flexibility index (Phi) is 4.22. The lowest BCUT2D eigenvalue weighted by Gasteiger charge is -2.10. The third-order valence-electron chi connectivity index (χ3n) is 3.24. The lowest BCUT2D eigenvalue weighted by molar-refractivity contribution is 0.302. The van der Waals surface area contributed by atoms with E-state index in [1.807, 2.05) is 24.4 Å². The van der Waals surface area contributed by atoms with Gasteiger partial charge in [0, 0.05) is 27.1 Å². The number of halogens is 2. The van der Waals surface area contributed by atoms with E-state index in [4.69, 9.17) is 4.74 Å². The lowest BCUT2D eigenvalue weighted by Crippen LogP contribution is -1.98. The molecule has 0 unspecified atom stereocenters. The fourth-order valence-corrected chi connectivity index (χ4v) is 2.92. The highest BCUT2D eigenvalue weighted by molar-refractivity contribution is 9.10. The van der Waals surface area contributed by atoms with Crippen molar-refractivity contribution in [2.75, 3.05) is 5.33 Å². The summed E-state index contributed by atoms with van der Waals surface area (Å²) in [6.45, 7) is 0.505. The van der Waals surface area contributed by atoms with Crippen molar-refractivity contribution >= 4 is 37.4 Å². The Morgan fingerprint density at radius 2 is 2.15 bits per heavy atom. The largest absolute Gasteiger partial charge is 0.487 e.